The summed E-state index contributed by atoms with van der Waals surface area (Å²) in [5.41, 5.74) is 8.85. The molecular formula is C21H23FN8O. The standard InChI is InChI=1S/C20H19FN8O.CH4/c1-13-5-17(15-3-2-4-16(6-15)18-24-11-25-27-18)9-23-19(13)28-12-26-29(20(28)30)10-14(7-21)8-22;/h2-7,9,11-12H,8,10,22H2,1H3,(H,24,25,27);1H4/b14-7+;. The monoisotopic (exact) mass is 422 g/mol. The second kappa shape index (κ2) is 9.26. The van der Waals surface area contributed by atoms with Gasteiger partial charge in [-0.15, -0.1) is 0 Å². The summed E-state index contributed by atoms with van der Waals surface area (Å²) in [6.07, 6.45) is 4.92. The van der Waals surface area contributed by atoms with E-state index in [-0.39, 0.29) is 26.1 Å². The molecule has 1 aromatic carbocycles. The second-order valence-electron chi connectivity index (χ2n) is 6.69. The van der Waals surface area contributed by atoms with Crippen molar-refractivity contribution in [2.45, 2.75) is 20.9 Å². The van der Waals surface area contributed by atoms with Crippen LogP contribution in [-0.2, 0) is 6.54 Å². The fourth-order valence-corrected chi connectivity index (χ4v) is 3.10. The average Bonchev–Trinajstić information content (AvgIpc) is 3.43. The maximum absolute atomic E-state index is 12.8. The fraction of sp³-hybridized carbons (Fsp3) is 0.190. The van der Waals surface area contributed by atoms with Crippen LogP contribution in [0.2, 0.25) is 0 Å². The molecule has 0 atom stereocenters. The number of benzene rings is 1. The van der Waals surface area contributed by atoms with Crippen LogP contribution < -0.4 is 11.4 Å². The number of nitrogens with two attached hydrogens (primary N) is 1. The van der Waals surface area contributed by atoms with Crippen LogP contribution in [0.15, 0.2) is 65.9 Å². The Morgan fingerprint density at radius 1 is 1.23 bits per heavy atom. The maximum Gasteiger partial charge on any atom is 0.351 e. The quantitative estimate of drug-likeness (QED) is 0.493. The van der Waals surface area contributed by atoms with Gasteiger partial charge in [-0.3, -0.25) is 5.10 Å². The van der Waals surface area contributed by atoms with Crippen LogP contribution in [0.3, 0.4) is 0 Å². The lowest BCUT2D eigenvalue weighted by atomic mass is 10.0. The molecule has 4 aromatic rings. The van der Waals surface area contributed by atoms with Crippen molar-refractivity contribution >= 4 is 0 Å². The predicted octanol–water partition coefficient (Wildman–Crippen LogP) is 2.64. The summed E-state index contributed by atoms with van der Waals surface area (Å²) in [6.45, 7) is 1.86. The number of H-pyrrole nitrogens is 1. The summed E-state index contributed by atoms with van der Waals surface area (Å²) in [5.74, 6) is 1.14. The number of aromatic nitrogens is 7. The molecule has 9 nitrogen and oxygen atoms in total. The Bertz CT molecular complexity index is 1260. The van der Waals surface area contributed by atoms with Crippen molar-refractivity contribution in [3.8, 4) is 28.3 Å². The Morgan fingerprint density at radius 2 is 2.03 bits per heavy atom. The minimum Gasteiger partial charge on any atom is -0.327 e. The van der Waals surface area contributed by atoms with Gasteiger partial charge < -0.3 is 5.73 Å². The van der Waals surface area contributed by atoms with E-state index in [1.54, 1.807) is 6.20 Å². The van der Waals surface area contributed by atoms with Crippen LogP contribution in [0, 0.1) is 6.92 Å². The van der Waals surface area contributed by atoms with Crippen molar-refractivity contribution in [1.82, 2.24) is 34.5 Å². The smallest absolute Gasteiger partial charge is 0.327 e. The second-order valence-corrected chi connectivity index (χ2v) is 6.69. The topological polar surface area (TPSA) is 120 Å². The Kier molecular flexibility index (Phi) is 6.51. The third-order valence-electron chi connectivity index (χ3n) is 4.67. The molecule has 0 aliphatic carbocycles. The van der Waals surface area contributed by atoms with Crippen LogP contribution in [0.4, 0.5) is 4.39 Å². The zero-order valence-corrected chi connectivity index (χ0v) is 16.2. The van der Waals surface area contributed by atoms with Gasteiger partial charge in [0.1, 0.15) is 18.5 Å². The van der Waals surface area contributed by atoms with E-state index in [1.807, 2.05) is 37.3 Å². The molecule has 0 fully saturated rings. The van der Waals surface area contributed by atoms with Gasteiger partial charge in [-0.05, 0) is 35.8 Å². The van der Waals surface area contributed by atoms with Gasteiger partial charge in [0, 0.05) is 23.9 Å². The number of aryl methyl sites for hydroxylation is 1. The first kappa shape index (κ1) is 21.8. The first-order valence-electron chi connectivity index (χ1n) is 9.16. The summed E-state index contributed by atoms with van der Waals surface area (Å²) < 4.78 is 15.3. The van der Waals surface area contributed by atoms with Crippen LogP contribution in [0.25, 0.3) is 28.3 Å². The van der Waals surface area contributed by atoms with Crippen LogP contribution in [0.5, 0.6) is 0 Å². The lowest BCUT2D eigenvalue weighted by Crippen LogP contribution is -2.26. The third-order valence-corrected chi connectivity index (χ3v) is 4.67. The number of nitrogens with zero attached hydrogens (tertiary/aromatic N) is 6. The zero-order chi connectivity index (χ0) is 21.1. The van der Waals surface area contributed by atoms with E-state index in [0.717, 1.165) is 26.9 Å². The molecule has 0 radical (unpaired) electrons. The molecule has 160 valence electrons. The first-order valence-corrected chi connectivity index (χ1v) is 9.16. The average molecular weight is 422 g/mol. The summed E-state index contributed by atoms with van der Waals surface area (Å²) in [4.78, 5) is 21.3. The molecule has 0 unspecified atom stereocenters. The van der Waals surface area contributed by atoms with Gasteiger partial charge in [0.25, 0.3) is 0 Å². The highest BCUT2D eigenvalue weighted by atomic mass is 19.1. The number of rotatable bonds is 6. The highest BCUT2D eigenvalue weighted by Crippen LogP contribution is 2.25. The summed E-state index contributed by atoms with van der Waals surface area (Å²) >= 11 is 0. The van der Waals surface area contributed by atoms with Crippen molar-refractivity contribution in [1.29, 1.82) is 0 Å². The summed E-state index contributed by atoms with van der Waals surface area (Å²) in [5, 5.41) is 10.8. The summed E-state index contributed by atoms with van der Waals surface area (Å²) in [6, 6.07) is 9.77. The van der Waals surface area contributed by atoms with E-state index < -0.39 is 5.69 Å². The Labute approximate surface area is 178 Å². The molecule has 0 saturated carbocycles. The molecule has 0 amide bonds. The van der Waals surface area contributed by atoms with Crippen molar-refractivity contribution in [2.24, 2.45) is 5.73 Å². The van der Waals surface area contributed by atoms with Gasteiger partial charge in [-0.2, -0.15) is 10.2 Å². The van der Waals surface area contributed by atoms with E-state index in [0.29, 0.717) is 18.0 Å². The van der Waals surface area contributed by atoms with E-state index in [9.17, 15) is 9.18 Å². The molecule has 0 bridgehead atoms. The Morgan fingerprint density at radius 3 is 2.71 bits per heavy atom. The fourth-order valence-electron chi connectivity index (χ4n) is 3.10. The molecule has 0 aliphatic rings. The number of halogens is 1. The molecular weight excluding hydrogens is 399 g/mol. The van der Waals surface area contributed by atoms with E-state index in [1.165, 1.54) is 17.2 Å². The molecule has 4 rings (SSSR count). The summed E-state index contributed by atoms with van der Waals surface area (Å²) in [7, 11) is 0. The molecule has 3 N–H and O–H groups in total. The van der Waals surface area contributed by atoms with Gasteiger partial charge in [0.2, 0.25) is 0 Å². The number of hydrogen-bond acceptors (Lipinski definition) is 6. The Hall–Kier alpha value is -3.92. The van der Waals surface area contributed by atoms with Gasteiger partial charge in [-0.1, -0.05) is 25.6 Å². The number of aromatic amines is 1. The lowest BCUT2D eigenvalue weighted by molar-refractivity contribution is 0.612. The van der Waals surface area contributed by atoms with E-state index in [2.05, 4.69) is 25.3 Å². The predicted molar refractivity (Wildman–Crippen MR) is 116 cm³/mol. The van der Waals surface area contributed by atoms with Crippen LogP contribution in [-0.4, -0.2) is 41.1 Å². The first-order chi connectivity index (χ1) is 14.6. The van der Waals surface area contributed by atoms with Crippen molar-refractivity contribution < 1.29 is 4.39 Å². The van der Waals surface area contributed by atoms with Crippen LogP contribution >= 0.6 is 0 Å². The molecule has 3 aromatic heterocycles. The molecule has 10 heteroatoms. The highest BCUT2D eigenvalue weighted by Gasteiger charge is 2.13. The van der Waals surface area contributed by atoms with Crippen LogP contribution in [0.1, 0.15) is 13.0 Å². The van der Waals surface area contributed by atoms with E-state index >= 15 is 0 Å². The number of pyridine rings is 1. The van der Waals surface area contributed by atoms with Gasteiger partial charge in [0.15, 0.2) is 5.82 Å². The highest BCUT2D eigenvalue weighted by molar-refractivity contribution is 5.70. The third kappa shape index (κ3) is 4.33. The molecule has 0 spiro atoms. The van der Waals surface area contributed by atoms with Gasteiger partial charge in [0.05, 0.1) is 12.9 Å². The largest absolute Gasteiger partial charge is 0.351 e. The molecule has 0 saturated heterocycles. The normalized spacial score (nSPS) is 11.4. The number of nitrogens with one attached hydrogen (secondary N) is 1. The number of hydrogen-bond donors (Lipinski definition) is 2. The molecule has 0 aliphatic heterocycles. The zero-order valence-electron chi connectivity index (χ0n) is 16.2. The van der Waals surface area contributed by atoms with Crippen molar-refractivity contribution in [3.63, 3.8) is 0 Å². The van der Waals surface area contributed by atoms with Gasteiger partial charge >= 0.3 is 5.69 Å². The molecule has 31 heavy (non-hydrogen) atoms. The minimum absolute atomic E-state index is 0. The minimum atomic E-state index is -0.418. The lowest BCUT2D eigenvalue weighted by Gasteiger charge is -2.08. The molecule has 3 heterocycles. The van der Waals surface area contributed by atoms with Crippen molar-refractivity contribution in [3.05, 3.63) is 77.1 Å². The Balaban J connectivity index is 0.00000272. The van der Waals surface area contributed by atoms with Crippen molar-refractivity contribution in [2.75, 3.05) is 6.54 Å². The van der Waals surface area contributed by atoms with E-state index in [4.69, 9.17) is 5.73 Å². The SMILES string of the molecule is C.Cc1cc(-c2cccc(-c3ncn[nH]3)c2)cnc1-n1cnn(C/C(=C/F)CN)c1=O. The van der Waals surface area contributed by atoms with Gasteiger partial charge in [-0.25, -0.2) is 28.4 Å². The maximum atomic E-state index is 12.8.